The van der Waals surface area contributed by atoms with Gasteiger partial charge in [-0.3, -0.25) is 4.79 Å². The predicted molar refractivity (Wildman–Crippen MR) is 108 cm³/mol. The molecular weight excluding hydrogens is 380 g/mol. The Morgan fingerprint density at radius 1 is 0.964 bits per heavy atom. The number of carbonyl (C=O) groups excluding carboxylic acids is 2. The van der Waals surface area contributed by atoms with Crippen LogP contribution in [0.15, 0.2) is 72.8 Å². The van der Waals surface area contributed by atoms with Crippen LogP contribution in [0.25, 0.3) is 0 Å². The van der Waals surface area contributed by atoms with Crippen LogP contribution in [0.3, 0.4) is 0 Å². The lowest BCUT2D eigenvalue weighted by Crippen LogP contribution is -2.21. The van der Waals surface area contributed by atoms with Crippen LogP contribution in [0.1, 0.15) is 10.4 Å². The highest BCUT2D eigenvalue weighted by Gasteiger charge is 2.13. The summed E-state index contributed by atoms with van der Waals surface area (Å²) in [7, 11) is 0. The van der Waals surface area contributed by atoms with E-state index in [4.69, 9.17) is 26.8 Å². The third-order valence-electron chi connectivity index (χ3n) is 3.70. The van der Waals surface area contributed by atoms with E-state index in [1.165, 1.54) is 18.2 Å². The smallest absolute Gasteiger partial charge is 0.338 e. The molecule has 0 aliphatic rings. The highest BCUT2D eigenvalue weighted by atomic mass is 35.5. The van der Waals surface area contributed by atoms with Crippen LogP contribution in [0.5, 0.6) is 11.5 Å². The van der Waals surface area contributed by atoms with Crippen molar-refractivity contribution in [3.63, 3.8) is 0 Å². The first-order valence-corrected chi connectivity index (χ1v) is 8.74. The molecule has 0 atom stereocenters. The van der Waals surface area contributed by atoms with Gasteiger partial charge >= 0.3 is 5.97 Å². The minimum absolute atomic E-state index is 0.211. The average Bonchev–Trinajstić information content (AvgIpc) is 2.70. The number of hydrogen-bond acceptors (Lipinski definition) is 5. The monoisotopic (exact) mass is 396 g/mol. The summed E-state index contributed by atoms with van der Waals surface area (Å²) in [5.74, 6) is -0.0680. The van der Waals surface area contributed by atoms with E-state index in [0.717, 1.165) is 0 Å². The summed E-state index contributed by atoms with van der Waals surface area (Å²) in [4.78, 5) is 24.2. The van der Waals surface area contributed by atoms with Gasteiger partial charge in [0.1, 0.15) is 5.75 Å². The molecule has 0 saturated carbocycles. The molecule has 3 aromatic carbocycles. The van der Waals surface area contributed by atoms with Crippen LogP contribution in [0.4, 0.5) is 11.4 Å². The SMILES string of the molecule is Nc1cc(C(=O)OCC(=O)Nc2ccccc2Oc2ccccc2)ccc1Cl. The molecule has 142 valence electrons. The van der Waals surface area contributed by atoms with E-state index < -0.39 is 18.5 Å². The minimum Gasteiger partial charge on any atom is -0.455 e. The molecule has 0 fully saturated rings. The largest absolute Gasteiger partial charge is 0.455 e. The van der Waals surface area contributed by atoms with E-state index in [-0.39, 0.29) is 11.3 Å². The minimum atomic E-state index is -0.674. The molecule has 0 aliphatic carbocycles. The van der Waals surface area contributed by atoms with Crippen molar-refractivity contribution in [3.8, 4) is 11.5 Å². The molecule has 0 radical (unpaired) electrons. The number of nitrogen functional groups attached to an aromatic ring is 1. The summed E-state index contributed by atoms with van der Waals surface area (Å²) in [6.45, 7) is -0.457. The molecule has 0 spiro atoms. The lowest BCUT2D eigenvalue weighted by molar-refractivity contribution is -0.119. The molecule has 7 heteroatoms. The molecule has 0 aromatic heterocycles. The second-order valence-corrected chi connectivity index (χ2v) is 6.18. The maximum absolute atomic E-state index is 12.2. The highest BCUT2D eigenvalue weighted by Crippen LogP contribution is 2.29. The second-order valence-electron chi connectivity index (χ2n) is 5.77. The average molecular weight is 397 g/mol. The third kappa shape index (κ3) is 5.02. The van der Waals surface area contributed by atoms with E-state index in [0.29, 0.717) is 22.2 Å². The van der Waals surface area contributed by atoms with Crippen LogP contribution in [0.2, 0.25) is 5.02 Å². The van der Waals surface area contributed by atoms with Crippen molar-refractivity contribution in [2.75, 3.05) is 17.7 Å². The molecule has 1 amide bonds. The fourth-order valence-electron chi connectivity index (χ4n) is 2.35. The molecule has 0 heterocycles. The molecule has 0 saturated heterocycles. The zero-order valence-electron chi connectivity index (χ0n) is 14.7. The number of benzene rings is 3. The molecule has 6 nitrogen and oxygen atoms in total. The van der Waals surface area contributed by atoms with Gasteiger partial charge < -0.3 is 20.5 Å². The molecule has 0 unspecified atom stereocenters. The number of esters is 1. The molecule has 3 N–H and O–H groups in total. The number of amides is 1. The number of hydrogen-bond donors (Lipinski definition) is 2. The van der Waals surface area contributed by atoms with Crippen molar-refractivity contribution >= 4 is 34.9 Å². The molecule has 3 rings (SSSR count). The Morgan fingerprint density at radius 3 is 2.43 bits per heavy atom. The van der Waals surface area contributed by atoms with Crippen LogP contribution < -0.4 is 15.8 Å². The van der Waals surface area contributed by atoms with Gasteiger partial charge in [0.15, 0.2) is 12.4 Å². The van der Waals surface area contributed by atoms with Crippen LogP contribution in [0, 0.1) is 0 Å². The Bertz CT molecular complexity index is 993. The van der Waals surface area contributed by atoms with Gasteiger partial charge in [0.25, 0.3) is 5.91 Å². The Hall–Kier alpha value is -3.51. The maximum Gasteiger partial charge on any atom is 0.338 e. The molecular formula is C21H17ClN2O4. The number of carbonyl (C=O) groups is 2. The van der Waals surface area contributed by atoms with Crippen LogP contribution in [-0.4, -0.2) is 18.5 Å². The molecule has 0 aliphatic heterocycles. The Morgan fingerprint density at radius 2 is 1.68 bits per heavy atom. The van der Waals surface area contributed by atoms with E-state index in [2.05, 4.69) is 5.32 Å². The van der Waals surface area contributed by atoms with Gasteiger partial charge in [-0.15, -0.1) is 0 Å². The van der Waals surface area contributed by atoms with Crippen molar-refractivity contribution in [2.45, 2.75) is 0 Å². The number of halogens is 1. The summed E-state index contributed by atoms with van der Waals surface area (Å²) in [6, 6.07) is 20.5. The standard InChI is InChI=1S/C21H17ClN2O4/c22-16-11-10-14(12-17(16)23)21(26)27-13-20(25)24-18-8-4-5-9-19(18)28-15-6-2-1-3-7-15/h1-12H,13,23H2,(H,24,25). The van der Waals surface area contributed by atoms with E-state index in [1.54, 1.807) is 36.4 Å². The first-order chi connectivity index (χ1) is 13.5. The highest BCUT2D eigenvalue weighted by molar-refractivity contribution is 6.33. The van der Waals surface area contributed by atoms with E-state index in [1.807, 2.05) is 18.2 Å². The summed E-state index contributed by atoms with van der Waals surface area (Å²) in [5, 5.41) is 3.01. The van der Waals surface area contributed by atoms with Crippen molar-refractivity contribution in [2.24, 2.45) is 0 Å². The number of ether oxygens (including phenoxy) is 2. The number of nitrogens with two attached hydrogens (primary N) is 1. The van der Waals surface area contributed by atoms with Crippen LogP contribution >= 0.6 is 11.6 Å². The zero-order chi connectivity index (χ0) is 19.9. The fraction of sp³-hybridized carbons (Fsp3) is 0.0476. The Balaban J connectivity index is 1.60. The van der Waals surface area contributed by atoms with Gasteiger partial charge in [0, 0.05) is 0 Å². The third-order valence-corrected chi connectivity index (χ3v) is 4.04. The summed E-state index contributed by atoms with van der Waals surface area (Å²) in [6.07, 6.45) is 0. The number of nitrogens with one attached hydrogen (secondary N) is 1. The topological polar surface area (TPSA) is 90.7 Å². The Labute approximate surface area is 166 Å². The number of anilines is 2. The van der Waals surface area contributed by atoms with Gasteiger partial charge in [-0.1, -0.05) is 41.9 Å². The van der Waals surface area contributed by atoms with Gasteiger partial charge in [0.05, 0.1) is 22.0 Å². The quantitative estimate of drug-likeness (QED) is 0.472. The van der Waals surface area contributed by atoms with Gasteiger partial charge in [0.2, 0.25) is 0 Å². The molecule has 3 aromatic rings. The van der Waals surface area contributed by atoms with Crippen molar-refractivity contribution in [1.29, 1.82) is 0 Å². The second kappa shape index (κ2) is 8.92. The van der Waals surface area contributed by atoms with E-state index >= 15 is 0 Å². The first kappa shape index (κ1) is 19.3. The van der Waals surface area contributed by atoms with Crippen molar-refractivity contribution in [1.82, 2.24) is 0 Å². The van der Waals surface area contributed by atoms with Crippen LogP contribution in [-0.2, 0) is 9.53 Å². The normalized spacial score (nSPS) is 10.2. The number of rotatable bonds is 6. The fourth-order valence-corrected chi connectivity index (χ4v) is 2.46. The van der Waals surface area contributed by atoms with Gasteiger partial charge in [-0.05, 0) is 42.5 Å². The van der Waals surface area contributed by atoms with Gasteiger partial charge in [-0.2, -0.15) is 0 Å². The lowest BCUT2D eigenvalue weighted by Gasteiger charge is -2.12. The van der Waals surface area contributed by atoms with E-state index in [9.17, 15) is 9.59 Å². The van der Waals surface area contributed by atoms with Gasteiger partial charge in [-0.25, -0.2) is 4.79 Å². The van der Waals surface area contributed by atoms with Crippen molar-refractivity contribution < 1.29 is 19.1 Å². The van der Waals surface area contributed by atoms with Crippen molar-refractivity contribution in [3.05, 3.63) is 83.4 Å². The zero-order valence-corrected chi connectivity index (χ0v) is 15.5. The Kier molecular flexibility index (Phi) is 6.14. The molecule has 0 bridgehead atoms. The summed E-state index contributed by atoms with van der Waals surface area (Å²) >= 11 is 5.82. The summed E-state index contributed by atoms with van der Waals surface area (Å²) < 4.78 is 10.8. The lowest BCUT2D eigenvalue weighted by atomic mass is 10.2. The maximum atomic E-state index is 12.2. The summed E-state index contributed by atoms with van der Waals surface area (Å²) in [5.41, 5.74) is 6.59. The number of para-hydroxylation sites is 3. The molecule has 28 heavy (non-hydrogen) atoms. The first-order valence-electron chi connectivity index (χ1n) is 8.37. The predicted octanol–water partition coefficient (Wildman–Crippen LogP) is 4.51.